The molecule has 2 rings (SSSR count). The molecule has 1 aromatic carbocycles. The number of piperidine rings is 1. The second-order valence-electron chi connectivity index (χ2n) is 5.16. The van der Waals surface area contributed by atoms with Gasteiger partial charge in [-0.05, 0) is 36.5 Å². The summed E-state index contributed by atoms with van der Waals surface area (Å²) in [6.45, 7) is 6.86. The van der Waals surface area contributed by atoms with E-state index in [1.807, 2.05) is 12.1 Å². The van der Waals surface area contributed by atoms with E-state index in [-0.39, 0.29) is 0 Å². The maximum absolute atomic E-state index is 5.84. The summed E-state index contributed by atoms with van der Waals surface area (Å²) in [6, 6.07) is 5.95. The zero-order valence-corrected chi connectivity index (χ0v) is 10.1. The van der Waals surface area contributed by atoms with Crippen molar-refractivity contribution < 1.29 is 0 Å². The van der Waals surface area contributed by atoms with Crippen LogP contribution < -0.4 is 16.4 Å². The highest BCUT2D eigenvalue weighted by Crippen LogP contribution is 2.29. The lowest BCUT2D eigenvalue weighted by molar-refractivity contribution is 0.357. The van der Waals surface area contributed by atoms with Gasteiger partial charge in [0.05, 0.1) is 11.4 Å². The number of hydrogen-bond donors (Lipinski definition) is 2. The van der Waals surface area contributed by atoms with Gasteiger partial charge < -0.3 is 16.4 Å². The molecule has 88 valence electrons. The summed E-state index contributed by atoms with van der Waals surface area (Å²) in [6.07, 6.45) is 1.32. The number of nitrogens with zero attached hydrogens (tertiary/aromatic N) is 1. The summed E-state index contributed by atoms with van der Waals surface area (Å²) in [5.74, 6) is 1.50. The van der Waals surface area contributed by atoms with Crippen molar-refractivity contribution in [1.82, 2.24) is 0 Å². The highest BCUT2D eigenvalue weighted by molar-refractivity contribution is 5.69. The van der Waals surface area contributed by atoms with E-state index >= 15 is 0 Å². The number of nitrogen functional groups attached to an aromatic ring is 2. The Morgan fingerprint density at radius 3 is 2.25 bits per heavy atom. The molecular formula is C13H21N3. The molecule has 0 spiro atoms. The molecule has 2 atom stereocenters. The molecule has 0 radical (unpaired) electrons. The molecule has 1 aliphatic rings. The van der Waals surface area contributed by atoms with Gasteiger partial charge in [-0.2, -0.15) is 0 Å². The first-order chi connectivity index (χ1) is 7.56. The van der Waals surface area contributed by atoms with E-state index in [1.54, 1.807) is 0 Å². The summed E-state index contributed by atoms with van der Waals surface area (Å²) in [7, 11) is 0. The summed E-state index contributed by atoms with van der Waals surface area (Å²) in [4.78, 5) is 2.41. The quantitative estimate of drug-likeness (QED) is 0.713. The molecule has 0 aromatic heterocycles. The van der Waals surface area contributed by atoms with E-state index in [2.05, 4.69) is 24.8 Å². The molecule has 0 saturated carbocycles. The average Bonchev–Trinajstić information content (AvgIpc) is 2.20. The van der Waals surface area contributed by atoms with Crippen molar-refractivity contribution in [2.24, 2.45) is 11.8 Å². The van der Waals surface area contributed by atoms with Crippen LogP contribution >= 0.6 is 0 Å². The first kappa shape index (κ1) is 11.1. The molecule has 2 unspecified atom stereocenters. The van der Waals surface area contributed by atoms with Crippen LogP contribution in [0.5, 0.6) is 0 Å². The Hall–Kier alpha value is -1.38. The van der Waals surface area contributed by atoms with Crippen LogP contribution in [-0.2, 0) is 0 Å². The van der Waals surface area contributed by atoms with E-state index in [9.17, 15) is 0 Å². The third-order valence-electron chi connectivity index (χ3n) is 3.30. The number of rotatable bonds is 1. The van der Waals surface area contributed by atoms with Crippen LogP contribution in [0.25, 0.3) is 0 Å². The molecule has 16 heavy (non-hydrogen) atoms. The molecule has 4 N–H and O–H groups in total. The normalized spacial score (nSPS) is 25.8. The largest absolute Gasteiger partial charge is 0.397 e. The lowest BCUT2D eigenvalue weighted by Gasteiger charge is -2.36. The molecule has 0 aliphatic carbocycles. The Morgan fingerprint density at radius 2 is 1.69 bits per heavy atom. The standard InChI is InChI=1S/C13H21N3/c1-9-5-10(2)8-16(7-9)11-3-4-12(14)13(15)6-11/h3-4,6,9-10H,5,7-8,14-15H2,1-2H3. The molecule has 1 fully saturated rings. The monoisotopic (exact) mass is 219 g/mol. The van der Waals surface area contributed by atoms with Crippen molar-refractivity contribution in [3.63, 3.8) is 0 Å². The molecule has 1 aromatic rings. The predicted octanol–water partition coefficient (Wildman–Crippen LogP) is 2.33. The Kier molecular flexibility index (Phi) is 2.95. The predicted molar refractivity (Wildman–Crippen MR) is 70.4 cm³/mol. The summed E-state index contributed by atoms with van der Waals surface area (Å²) in [5, 5.41) is 0. The molecule has 3 nitrogen and oxygen atoms in total. The van der Waals surface area contributed by atoms with Gasteiger partial charge in [0.25, 0.3) is 0 Å². The van der Waals surface area contributed by atoms with Crippen molar-refractivity contribution in [3.8, 4) is 0 Å². The van der Waals surface area contributed by atoms with Crippen LogP contribution in [0, 0.1) is 11.8 Å². The van der Waals surface area contributed by atoms with Crippen LogP contribution in [0.2, 0.25) is 0 Å². The third kappa shape index (κ3) is 2.23. The molecule has 1 aliphatic heterocycles. The van der Waals surface area contributed by atoms with Crippen LogP contribution in [0.4, 0.5) is 17.1 Å². The highest BCUT2D eigenvalue weighted by atomic mass is 15.1. The van der Waals surface area contributed by atoms with Gasteiger partial charge in [0.2, 0.25) is 0 Å². The van der Waals surface area contributed by atoms with E-state index in [0.717, 1.165) is 24.9 Å². The third-order valence-corrected chi connectivity index (χ3v) is 3.30. The molecular weight excluding hydrogens is 198 g/mol. The minimum Gasteiger partial charge on any atom is -0.397 e. The van der Waals surface area contributed by atoms with Crippen LogP contribution in [-0.4, -0.2) is 13.1 Å². The van der Waals surface area contributed by atoms with Gasteiger partial charge in [-0.25, -0.2) is 0 Å². The average molecular weight is 219 g/mol. The van der Waals surface area contributed by atoms with Gasteiger partial charge in [-0.15, -0.1) is 0 Å². The minimum absolute atomic E-state index is 0.668. The Morgan fingerprint density at radius 1 is 1.06 bits per heavy atom. The van der Waals surface area contributed by atoms with Gasteiger partial charge in [0.1, 0.15) is 0 Å². The SMILES string of the molecule is CC1CC(C)CN(c2ccc(N)c(N)c2)C1. The lowest BCUT2D eigenvalue weighted by Crippen LogP contribution is -2.38. The van der Waals surface area contributed by atoms with Crippen LogP contribution in [0.3, 0.4) is 0 Å². The fourth-order valence-electron chi connectivity index (χ4n) is 2.63. The number of nitrogens with two attached hydrogens (primary N) is 2. The first-order valence-electron chi connectivity index (χ1n) is 5.96. The topological polar surface area (TPSA) is 55.3 Å². The van der Waals surface area contributed by atoms with Crippen molar-refractivity contribution in [2.45, 2.75) is 20.3 Å². The lowest BCUT2D eigenvalue weighted by atomic mass is 9.91. The number of benzene rings is 1. The first-order valence-corrected chi connectivity index (χ1v) is 5.96. The Bertz CT molecular complexity index is 365. The van der Waals surface area contributed by atoms with Gasteiger partial charge in [-0.1, -0.05) is 13.8 Å². The van der Waals surface area contributed by atoms with Crippen molar-refractivity contribution >= 4 is 17.1 Å². The molecule has 0 amide bonds. The summed E-state index contributed by atoms with van der Waals surface area (Å²) >= 11 is 0. The van der Waals surface area contributed by atoms with E-state index in [1.165, 1.54) is 12.1 Å². The van der Waals surface area contributed by atoms with Crippen molar-refractivity contribution in [3.05, 3.63) is 18.2 Å². The molecule has 0 bridgehead atoms. The van der Waals surface area contributed by atoms with E-state index in [0.29, 0.717) is 11.4 Å². The van der Waals surface area contributed by atoms with Crippen LogP contribution in [0.1, 0.15) is 20.3 Å². The van der Waals surface area contributed by atoms with Gasteiger partial charge >= 0.3 is 0 Å². The van der Waals surface area contributed by atoms with Crippen LogP contribution in [0.15, 0.2) is 18.2 Å². The zero-order valence-electron chi connectivity index (χ0n) is 10.1. The molecule has 1 heterocycles. The Balaban J connectivity index is 2.19. The Labute approximate surface area is 97.4 Å². The smallest absolute Gasteiger partial charge is 0.0568 e. The minimum atomic E-state index is 0.668. The summed E-state index contributed by atoms with van der Waals surface area (Å²) in [5.41, 5.74) is 14.1. The second kappa shape index (κ2) is 4.24. The molecule has 1 saturated heterocycles. The van der Waals surface area contributed by atoms with Gasteiger partial charge in [0.15, 0.2) is 0 Å². The number of anilines is 3. The van der Waals surface area contributed by atoms with E-state index < -0.39 is 0 Å². The maximum Gasteiger partial charge on any atom is 0.0568 e. The summed E-state index contributed by atoms with van der Waals surface area (Å²) < 4.78 is 0. The van der Waals surface area contributed by atoms with Gasteiger partial charge in [0, 0.05) is 18.8 Å². The zero-order chi connectivity index (χ0) is 11.7. The highest BCUT2D eigenvalue weighted by Gasteiger charge is 2.22. The fraction of sp³-hybridized carbons (Fsp3) is 0.538. The fourth-order valence-corrected chi connectivity index (χ4v) is 2.63. The second-order valence-corrected chi connectivity index (χ2v) is 5.16. The maximum atomic E-state index is 5.84. The van der Waals surface area contributed by atoms with Crippen molar-refractivity contribution in [1.29, 1.82) is 0 Å². The molecule has 3 heteroatoms. The van der Waals surface area contributed by atoms with Crippen molar-refractivity contribution in [2.75, 3.05) is 29.5 Å². The van der Waals surface area contributed by atoms with Gasteiger partial charge in [-0.3, -0.25) is 0 Å². The van der Waals surface area contributed by atoms with E-state index in [4.69, 9.17) is 11.5 Å². The number of hydrogen-bond acceptors (Lipinski definition) is 3.